The Bertz CT molecular complexity index is 668. The zero-order valence-electron chi connectivity index (χ0n) is 10.2. The molecule has 0 unspecified atom stereocenters. The molecule has 2 aromatic carbocycles. The van der Waals surface area contributed by atoms with Gasteiger partial charge >= 0.3 is 0 Å². The predicted octanol–water partition coefficient (Wildman–Crippen LogP) is 3.88. The standard InChI is InChI=1S/C14H10Cl2N2OS/c15-10-5-11(16)7-12(6-10)18-14(19)9-3-1-2-8(4-9)13(17)20/h1-7H,(H2,17,20)(H,18,19). The lowest BCUT2D eigenvalue weighted by Gasteiger charge is -2.07. The Morgan fingerprint density at radius 1 is 1.05 bits per heavy atom. The Balaban J connectivity index is 2.23. The van der Waals surface area contributed by atoms with Crippen LogP contribution in [-0.4, -0.2) is 10.9 Å². The first-order valence-corrected chi connectivity index (χ1v) is 6.79. The third-order valence-electron chi connectivity index (χ3n) is 2.53. The molecule has 0 aliphatic rings. The molecule has 0 aromatic heterocycles. The van der Waals surface area contributed by atoms with Crippen molar-refractivity contribution in [3.05, 3.63) is 63.6 Å². The fourth-order valence-electron chi connectivity index (χ4n) is 1.64. The van der Waals surface area contributed by atoms with E-state index in [-0.39, 0.29) is 10.9 Å². The van der Waals surface area contributed by atoms with Crippen molar-refractivity contribution in [1.82, 2.24) is 0 Å². The molecule has 6 heteroatoms. The van der Waals surface area contributed by atoms with Crippen molar-refractivity contribution >= 4 is 52.0 Å². The van der Waals surface area contributed by atoms with Crippen LogP contribution >= 0.6 is 35.4 Å². The molecule has 0 heterocycles. The molecule has 0 spiro atoms. The van der Waals surface area contributed by atoms with Gasteiger partial charge in [0.1, 0.15) is 4.99 Å². The second-order valence-electron chi connectivity index (χ2n) is 4.06. The number of anilines is 1. The minimum Gasteiger partial charge on any atom is -0.389 e. The third kappa shape index (κ3) is 3.70. The second-order valence-corrected chi connectivity index (χ2v) is 5.37. The Labute approximate surface area is 131 Å². The van der Waals surface area contributed by atoms with Crippen LogP contribution in [-0.2, 0) is 0 Å². The molecule has 0 aliphatic carbocycles. The number of benzene rings is 2. The first-order chi connectivity index (χ1) is 9.45. The average Bonchev–Trinajstić information content (AvgIpc) is 2.37. The molecule has 20 heavy (non-hydrogen) atoms. The van der Waals surface area contributed by atoms with Crippen molar-refractivity contribution in [2.75, 3.05) is 5.32 Å². The molecular formula is C14H10Cl2N2OS. The maximum atomic E-state index is 12.1. The molecular weight excluding hydrogens is 315 g/mol. The molecule has 0 saturated carbocycles. The van der Waals surface area contributed by atoms with Gasteiger partial charge in [-0.1, -0.05) is 47.6 Å². The highest BCUT2D eigenvalue weighted by molar-refractivity contribution is 7.80. The molecule has 0 fully saturated rings. The van der Waals surface area contributed by atoms with Crippen LogP contribution in [0.15, 0.2) is 42.5 Å². The molecule has 0 saturated heterocycles. The number of nitrogens with two attached hydrogens (primary N) is 1. The van der Waals surface area contributed by atoms with Gasteiger partial charge in [-0.05, 0) is 30.3 Å². The van der Waals surface area contributed by atoms with E-state index in [0.717, 1.165) is 0 Å². The molecule has 0 atom stereocenters. The maximum absolute atomic E-state index is 12.1. The molecule has 3 nitrogen and oxygen atoms in total. The largest absolute Gasteiger partial charge is 0.389 e. The number of amides is 1. The average molecular weight is 325 g/mol. The molecule has 1 amide bonds. The van der Waals surface area contributed by atoms with Gasteiger partial charge < -0.3 is 11.1 Å². The van der Waals surface area contributed by atoms with E-state index in [2.05, 4.69) is 5.32 Å². The van der Waals surface area contributed by atoms with Crippen LogP contribution < -0.4 is 11.1 Å². The fourth-order valence-corrected chi connectivity index (χ4v) is 2.30. The summed E-state index contributed by atoms with van der Waals surface area (Å²) in [6, 6.07) is 11.6. The molecule has 0 radical (unpaired) electrons. The van der Waals surface area contributed by atoms with Crippen molar-refractivity contribution < 1.29 is 4.79 Å². The van der Waals surface area contributed by atoms with Crippen LogP contribution in [0, 0.1) is 0 Å². The summed E-state index contributed by atoms with van der Waals surface area (Å²) in [5.74, 6) is -0.290. The molecule has 0 bridgehead atoms. The van der Waals surface area contributed by atoms with Gasteiger partial charge in [-0.25, -0.2) is 0 Å². The minimum atomic E-state index is -0.290. The summed E-state index contributed by atoms with van der Waals surface area (Å²) in [6.07, 6.45) is 0. The summed E-state index contributed by atoms with van der Waals surface area (Å²) < 4.78 is 0. The Morgan fingerprint density at radius 3 is 2.25 bits per heavy atom. The van der Waals surface area contributed by atoms with Crippen molar-refractivity contribution in [2.45, 2.75) is 0 Å². The Morgan fingerprint density at radius 2 is 1.65 bits per heavy atom. The van der Waals surface area contributed by atoms with Crippen LogP contribution in [0.3, 0.4) is 0 Å². The fraction of sp³-hybridized carbons (Fsp3) is 0. The summed E-state index contributed by atoms with van der Waals surface area (Å²) in [5.41, 5.74) is 7.15. The van der Waals surface area contributed by atoms with E-state index in [9.17, 15) is 4.79 Å². The van der Waals surface area contributed by atoms with Crippen LogP contribution in [0.4, 0.5) is 5.69 Å². The normalized spacial score (nSPS) is 10.1. The van der Waals surface area contributed by atoms with E-state index >= 15 is 0 Å². The number of hydrogen-bond acceptors (Lipinski definition) is 2. The van der Waals surface area contributed by atoms with Crippen molar-refractivity contribution in [2.24, 2.45) is 5.73 Å². The van der Waals surface area contributed by atoms with Crippen LogP contribution in [0.1, 0.15) is 15.9 Å². The summed E-state index contributed by atoms with van der Waals surface area (Å²) in [7, 11) is 0. The number of halogens is 2. The smallest absolute Gasteiger partial charge is 0.255 e. The van der Waals surface area contributed by atoms with Crippen LogP contribution in [0.25, 0.3) is 0 Å². The van der Waals surface area contributed by atoms with Gasteiger partial charge in [0.25, 0.3) is 5.91 Å². The molecule has 0 aliphatic heterocycles. The van der Waals surface area contributed by atoms with Crippen molar-refractivity contribution in [3.8, 4) is 0 Å². The highest BCUT2D eigenvalue weighted by Crippen LogP contribution is 2.23. The maximum Gasteiger partial charge on any atom is 0.255 e. The van der Waals surface area contributed by atoms with Crippen LogP contribution in [0.5, 0.6) is 0 Å². The van der Waals surface area contributed by atoms with Gasteiger partial charge in [-0.2, -0.15) is 0 Å². The van der Waals surface area contributed by atoms with Crippen molar-refractivity contribution in [1.29, 1.82) is 0 Å². The summed E-state index contributed by atoms with van der Waals surface area (Å²) in [4.78, 5) is 12.4. The van der Waals surface area contributed by atoms with Gasteiger partial charge in [-0.3, -0.25) is 4.79 Å². The zero-order valence-corrected chi connectivity index (χ0v) is 12.5. The van der Waals surface area contributed by atoms with E-state index in [1.54, 1.807) is 42.5 Å². The van der Waals surface area contributed by atoms with E-state index in [1.807, 2.05) is 0 Å². The predicted molar refractivity (Wildman–Crippen MR) is 86.7 cm³/mol. The van der Waals surface area contributed by atoms with Gasteiger partial charge in [-0.15, -0.1) is 0 Å². The van der Waals surface area contributed by atoms with E-state index in [4.69, 9.17) is 41.2 Å². The quantitative estimate of drug-likeness (QED) is 0.842. The van der Waals surface area contributed by atoms with Gasteiger partial charge in [0.2, 0.25) is 0 Å². The topological polar surface area (TPSA) is 55.1 Å². The van der Waals surface area contributed by atoms with Gasteiger partial charge in [0, 0.05) is 26.9 Å². The van der Waals surface area contributed by atoms with E-state index < -0.39 is 0 Å². The molecule has 3 N–H and O–H groups in total. The SMILES string of the molecule is NC(=S)c1cccc(C(=O)Nc2cc(Cl)cc(Cl)c2)c1. The monoisotopic (exact) mass is 324 g/mol. The lowest BCUT2D eigenvalue weighted by atomic mass is 10.1. The number of rotatable bonds is 3. The van der Waals surface area contributed by atoms with Gasteiger partial charge in [0.15, 0.2) is 0 Å². The number of carbonyl (C=O) groups is 1. The first-order valence-electron chi connectivity index (χ1n) is 5.63. The zero-order chi connectivity index (χ0) is 14.7. The lowest BCUT2D eigenvalue weighted by molar-refractivity contribution is 0.102. The molecule has 2 aromatic rings. The Kier molecular flexibility index (Phi) is 4.60. The highest BCUT2D eigenvalue weighted by Gasteiger charge is 2.08. The third-order valence-corrected chi connectivity index (χ3v) is 3.20. The summed E-state index contributed by atoms with van der Waals surface area (Å²) in [5, 5.41) is 3.61. The first kappa shape index (κ1) is 14.8. The van der Waals surface area contributed by atoms with Crippen LogP contribution in [0.2, 0.25) is 10.0 Å². The lowest BCUT2D eigenvalue weighted by Crippen LogP contribution is -2.14. The Hall–Kier alpha value is -1.62. The summed E-state index contributed by atoms with van der Waals surface area (Å²) >= 11 is 16.6. The van der Waals surface area contributed by atoms with Gasteiger partial charge in [0.05, 0.1) is 0 Å². The number of thiocarbonyl (C=S) groups is 1. The minimum absolute atomic E-state index is 0.241. The van der Waals surface area contributed by atoms with Crippen molar-refractivity contribution in [3.63, 3.8) is 0 Å². The summed E-state index contributed by atoms with van der Waals surface area (Å²) in [6.45, 7) is 0. The number of hydrogen-bond donors (Lipinski definition) is 2. The molecule has 2 rings (SSSR count). The highest BCUT2D eigenvalue weighted by atomic mass is 35.5. The number of nitrogens with one attached hydrogen (secondary N) is 1. The number of carbonyl (C=O) groups excluding carboxylic acids is 1. The molecule has 102 valence electrons. The van der Waals surface area contributed by atoms with E-state index in [0.29, 0.717) is 26.9 Å². The van der Waals surface area contributed by atoms with E-state index in [1.165, 1.54) is 0 Å². The second kappa shape index (κ2) is 6.22.